The minimum absolute atomic E-state index is 0.0481. The number of methoxy groups -OCH3 is 1. The lowest BCUT2D eigenvalue weighted by Crippen LogP contribution is -2.45. The number of fused-ring (bicyclic) bond motifs is 1. The summed E-state index contributed by atoms with van der Waals surface area (Å²) in [5.41, 5.74) is 2.61. The van der Waals surface area contributed by atoms with Crippen molar-refractivity contribution in [1.82, 2.24) is 9.97 Å². The Morgan fingerprint density at radius 2 is 2.06 bits per heavy atom. The lowest BCUT2D eigenvalue weighted by Gasteiger charge is -2.40. The van der Waals surface area contributed by atoms with E-state index < -0.39 is 0 Å². The van der Waals surface area contributed by atoms with E-state index >= 15 is 0 Å². The standard InChI is InChI=1S/C14H21N3O/c1-18-14(7-4-8-14)9-15-13-11-5-2-3-6-12(11)16-10-17-13/h10H,2-9H2,1H3,(H,15,16,17). The second-order valence-electron chi connectivity index (χ2n) is 5.45. The van der Waals surface area contributed by atoms with Gasteiger partial charge in [-0.1, -0.05) is 0 Å². The van der Waals surface area contributed by atoms with Crippen LogP contribution in [-0.4, -0.2) is 29.2 Å². The molecule has 0 atom stereocenters. The fourth-order valence-corrected chi connectivity index (χ4v) is 2.94. The molecule has 0 saturated heterocycles. The van der Waals surface area contributed by atoms with Gasteiger partial charge >= 0.3 is 0 Å². The zero-order chi connectivity index (χ0) is 12.4. The first kappa shape index (κ1) is 11.9. The quantitative estimate of drug-likeness (QED) is 0.887. The van der Waals surface area contributed by atoms with Gasteiger partial charge in [-0.15, -0.1) is 0 Å². The zero-order valence-corrected chi connectivity index (χ0v) is 11.0. The van der Waals surface area contributed by atoms with E-state index in [-0.39, 0.29) is 5.60 Å². The highest BCUT2D eigenvalue weighted by molar-refractivity contribution is 5.47. The van der Waals surface area contributed by atoms with E-state index in [0.717, 1.165) is 38.0 Å². The average molecular weight is 247 g/mol. The third-order valence-electron chi connectivity index (χ3n) is 4.40. The lowest BCUT2D eigenvalue weighted by atomic mass is 9.80. The minimum Gasteiger partial charge on any atom is -0.376 e. The normalized spacial score (nSPS) is 20.9. The molecule has 0 unspecified atom stereocenters. The molecule has 2 aliphatic rings. The molecule has 1 aromatic rings. The molecule has 0 aliphatic heterocycles. The van der Waals surface area contributed by atoms with Crippen LogP contribution in [0, 0.1) is 0 Å². The Morgan fingerprint density at radius 1 is 1.22 bits per heavy atom. The Hall–Kier alpha value is -1.16. The predicted octanol–water partition coefficient (Wildman–Crippen LogP) is 2.34. The molecule has 18 heavy (non-hydrogen) atoms. The van der Waals surface area contributed by atoms with Crippen molar-refractivity contribution in [2.45, 2.75) is 50.5 Å². The molecule has 1 aromatic heterocycles. The Labute approximate surface area is 108 Å². The van der Waals surface area contributed by atoms with Crippen LogP contribution < -0.4 is 5.32 Å². The number of nitrogens with zero attached hydrogens (tertiary/aromatic N) is 2. The fourth-order valence-electron chi connectivity index (χ4n) is 2.94. The largest absolute Gasteiger partial charge is 0.376 e. The summed E-state index contributed by atoms with van der Waals surface area (Å²) < 4.78 is 5.63. The number of anilines is 1. The Balaban J connectivity index is 1.72. The molecule has 2 aliphatic carbocycles. The molecular weight excluding hydrogens is 226 g/mol. The molecule has 0 aromatic carbocycles. The van der Waals surface area contributed by atoms with Crippen LogP contribution in [0.3, 0.4) is 0 Å². The topological polar surface area (TPSA) is 47.0 Å². The zero-order valence-electron chi connectivity index (χ0n) is 11.0. The maximum atomic E-state index is 5.63. The van der Waals surface area contributed by atoms with Crippen LogP contribution in [0.4, 0.5) is 5.82 Å². The summed E-state index contributed by atoms with van der Waals surface area (Å²) in [6.07, 6.45) is 9.99. The Bertz CT molecular complexity index is 424. The molecule has 98 valence electrons. The SMILES string of the molecule is COC1(CNc2ncnc3c2CCCC3)CCC1. The summed E-state index contributed by atoms with van der Waals surface area (Å²) in [4.78, 5) is 8.81. The third kappa shape index (κ3) is 2.09. The van der Waals surface area contributed by atoms with Gasteiger partial charge in [0.1, 0.15) is 12.1 Å². The van der Waals surface area contributed by atoms with Gasteiger partial charge < -0.3 is 10.1 Å². The highest BCUT2D eigenvalue weighted by atomic mass is 16.5. The van der Waals surface area contributed by atoms with Crippen LogP contribution in [-0.2, 0) is 17.6 Å². The summed E-state index contributed by atoms with van der Waals surface area (Å²) in [5.74, 6) is 1.03. The molecule has 0 amide bonds. The smallest absolute Gasteiger partial charge is 0.132 e. The Kier molecular flexibility index (Phi) is 3.20. The van der Waals surface area contributed by atoms with Gasteiger partial charge in [0.2, 0.25) is 0 Å². The monoisotopic (exact) mass is 247 g/mol. The summed E-state index contributed by atoms with van der Waals surface area (Å²) >= 11 is 0. The number of hydrogen-bond donors (Lipinski definition) is 1. The van der Waals surface area contributed by atoms with Crippen LogP contribution >= 0.6 is 0 Å². The van der Waals surface area contributed by atoms with Gasteiger partial charge in [-0.05, 0) is 44.9 Å². The number of aromatic nitrogens is 2. The van der Waals surface area contributed by atoms with E-state index in [9.17, 15) is 0 Å². The van der Waals surface area contributed by atoms with Crippen molar-refractivity contribution in [3.05, 3.63) is 17.6 Å². The number of rotatable bonds is 4. The van der Waals surface area contributed by atoms with Gasteiger partial charge in [-0.25, -0.2) is 9.97 Å². The molecule has 1 fully saturated rings. The first-order valence-electron chi connectivity index (χ1n) is 6.95. The molecule has 1 N–H and O–H groups in total. The minimum atomic E-state index is 0.0481. The van der Waals surface area contributed by atoms with Crippen LogP contribution in [0.25, 0.3) is 0 Å². The summed E-state index contributed by atoms with van der Waals surface area (Å²) in [5, 5.41) is 3.49. The van der Waals surface area contributed by atoms with Crippen LogP contribution in [0.15, 0.2) is 6.33 Å². The third-order valence-corrected chi connectivity index (χ3v) is 4.40. The number of aryl methyl sites for hydroxylation is 1. The summed E-state index contributed by atoms with van der Waals surface area (Å²) in [7, 11) is 1.82. The number of ether oxygens (including phenoxy) is 1. The second-order valence-corrected chi connectivity index (χ2v) is 5.45. The van der Waals surface area contributed by atoms with Gasteiger partial charge in [0, 0.05) is 24.9 Å². The first-order chi connectivity index (χ1) is 8.83. The highest BCUT2D eigenvalue weighted by Crippen LogP contribution is 2.35. The van der Waals surface area contributed by atoms with Gasteiger partial charge in [0.25, 0.3) is 0 Å². The number of nitrogens with one attached hydrogen (secondary N) is 1. The molecule has 1 heterocycles. The first-order valence-corrected chi connectivity index (χ1v) is 6.95. The van der Waals surface area contributed by atoms with Crippen molar-refractivity contribution in [3.8, 4) is 0 Å². The van der Waals surface area contributed by atoms with Crippen LogP contribution in [0.5, 0.6) is 0 Å². The number of hydrogen-bond acceptors (Lipinski definition) is 4. The molecule has 3 rings (SSSR count). The van der Waals surface area contributed by atoms with E-state index in [1.165, 1.54) is 30.5 Å². The lowest BCUT2D eigenvalue weighted by molar-refractivity contribution is -0.0601. The van der Waals surface area contributed by atoms with Gasteiger partial charge in [-0.3, -0.25) is 0 Å². The van der Waals surface area contributed by atoms with E-state index in [2.05, 4.69) is 15.3 Å². The molecule has 0 bridgehead atoms. The molecule has 1 saturated carbocycles. The molecular formula is C14H21N3O. The van der Waals surface area contributed by atoms with Crippen molar-refractivity contribution in [2.24, 2.45) is 0 Å². The maximum Gasteiger partial charge on any atom is 0.132 e. The maximum absolute atomic E-state index is 5.63. The van der Waals surface area contributed by atoms with Crippen LogP contribution in [0.1, 0.15) is 43.4 Å². The van der Waals surface area contributed by atoms with Crippen molar-refractivity contribution >= 4 is 5.82 Å². The fraction of sp³-hybridized carbons (Fsp3) is 0.714. The second kappa shape index (κ2) is 4.84. The molecule has 0 spiro atoms. The van der Waals surface area contributed by atoms with E-state index in [1.807, 2.05) is 7.11 Å². The van der Waals surface area contributed by atoms with Crippen molar-refractivity contribution in [1.29, 1.82) is 0 Å². The molecule has 0 radical (unpaired) electrons. The van der Waals surface area contributed by atoms with E-state index in [1.54, 1.807) is 6.33 Å². The summed E-state index contributed by atoms with van der Waals surface area (Å²) in [6.45, 7) is 0.868. The Morgan fingerprint density at radius 3 is 2.78 bits per heavy atom. The van der Waals surface area contributed by atoms with Gasteiger partial charge in [0.05, 0.1) is 5.60 Å². The molecule has 4 heteroatoms. The van der Waals surface area contributed by atoms with E-state index in [4.69, 9.17) is 4.74 Å². The van der Waals surface area contributed by atoms with E-state index in [0.29, 0.717) is 0 Å². The predicted molar refractivity (Wildman–Crippen MR) is 70.8 cm³/mol. The average Bonchev–Trinajstić information content (AvgIpc) is 2.38. The highest BCUT2D eigenvalue weighted by Gasteiger charge is 2.37. The van der Waals surface area contributed by atoms with Crippen molar-refractivity contribution < 1.29 is 4.74 Å². The summed E-state index contributed by atoms with van der Waals surface area (Å²) in [6, 6.07) is 0. The van der Waals surface area contributed by atoms with Crippen molar-refractivity contribution in [2.75, 3.05) is 19.0 Å². The van der Waals surface area contributed by atoms with Gasteiger partial charge in [-0.2, -0.15) is 0 Å². The molecule has 4 nitrogen and oxygen atoms in total. The van der Waals surface area contributed by atoms with Crippen molar-refractivity contribution in [3.63, 3.8) is 0 Å². The van der Waals surface area contributed by atoms with Gasteiger partial charge in [0.15, 0.2) is 0 Å². The van der Waals surface area contributed by atoms with Crippen LogP contribution in [0.2, 0.25) is 0 Å².